The van der Waals surface area contributed by atoms with Crippen molar-refractivity contribution in [1.82, 2.24) is 0 Å². The maximum atomic E-state index is 9.69. The first-order chi connectivity index (χ1) is 3.18. The van der Waals surface area contributed by atoms with Crippen LogP contribution >= 0.6 is 0 Å². The van der Waals surface area contributed by atoms with Crippen molar-refractivity contribution in [3.8, 4) is 0 Å². The smallest absolute Gasteiger partial charge is 0.328 e. The van der Waals surface area contributed by atoms with E-state index in [0.29, 0.717) is 0 Å². The second kappa shape index (κ2) is 2.54. The van der Waals surface area contributed by atoms with Crippen molar-refractivity contribution in [2.75, 3.05) is 6.61 Å². The van der Waals surface area contributed by atoms with E-state index >= 15 is 0 Å². The number of nitrogens with two attached hydrogens (primary N) is 1. The van der Waals surface area contributed by atoms with Gasteiger partial charge < -0.3 is 15.9 Å². The topological polar surface area (TPSA) is 86.2 Å². The van der Waals surface area contributed by atoms with Crippen molar-refractivity contribution < 1.29 is 15.0 Å². The van der Waals surface area contributed by atoms with Crippen LogP contribution in [-0.2, 0) is 4.79 Å². The molecule has 0 fully saturated rings. The van der Waals surface area contributed by atoms with Crippen molar-refractivity contribution in [3.05, 3.63) is 0 Å². The van der Waals surface area contributed by atoms with Crippen LogP contribution in [0, 0.1) is 0 Å². The first kappa shape index (κ1) is 6.39. The molecule has 4 heteroatoms. The van der Waals surface area contributed by atoms with Gasteiger partial charge in [0.25, 0.3) is 0 Å². The Hall–Kier alpha value is -0.610. The van der Waals surface area contributed by atoms with Gasteiger partial charge in [-0.05, 0) is 0 Å². The number of carboxylic acids is 1. The summed E-state index contributed by atoms with van der Waals surface area (Å²) in [5.74, 6) is -1.12. The molecular weight excluding hydrogens is 98.0 g/mol. The van der Waals surface area contributed by atoms with E-state index in [-0.39, 0.29) is 6.61 Å². The maximum Gasteiger partial charge on any atom is 0.328 e. The van der Waals surface area contributed by atoms with Crippen LogP contribution in [0.5, 0.6) is 0 Å². The molecule has 7 heavy (non-hydrogen) atoms. The molecule has 0 aromatic heterocycles. The molecule has 0 bridgehead atoms. The van der Waals surface area contributed by atoms with E-state index in [1.807, 2.05) is 0 Å². The molecule has 0 saturated carbocycles. The highest BCUT2D eigenvalue weighted by molar-refractivity contribution is 5.73. The molecule has 0 aromatic carbocycles. The molecule has 0 aliphatic carbocycles. The van der Waals surface area contributed by atoms with E-state index in [1.54, 1.807) is 0 Å². The standard InChI is InChI=1S/C3H7NO3/c4-2(1-5)3(6)7/h2,5H,1,4H2,(H,6,7)/p+1/t2-/m0/s1. The van der Waals surface area contributed by atoms with Crippen LogP contribution in [0.1, 0.15) is 0 Å². The van der Waals surface area contributed by atoms with Gasteiger partial charge in [0.1, 0.15) is 0 Å². The largest absolute Gasteiger partial charge is 0.480 e. The molecule has 42 valence electrons. The Morgan fingerprint density at radius 1 is 2.00 bits per heavy atom. The quantitative estimate of drug-likeness (QED) is 0.404. The summed E-state index contributed by atoms with van der Waals surface area (Å²) in [6, 6.07) is -1.01. The average molecular weight is 106 g/mol. The van der Waals surface area contributed by atoms with E-state index in [2.05, 4.69) is 0 Å². The Balaban J connectivity index is 3.34. The van der Waals surface area contributed by atoms with Crippen LogP contribution in [0.25, 0.3) is 0 Å². The lowest BCUT2D eigenvalue weighted by Gasteiger charge is -1.93. The highest BCUT2D eigenvalue weighted by Crippen LogP contribution is 1.71. The summed E-state index contributed by atoms with van der Waals surface area (Å²) in [7, 11) is 0. The zero-order valence-electron chi connectivity index (χ0n) is 3.72. The third kappa shape index (κ3) is 2.13. The maximum absolute atomic E-state index is 9.69. The fourth-order valence-corrected chi connectivity index (χ4v) is 0.0873. The minimum atomic E-state index is -1.12. The fourth-order valence-electron chi connectivity index (χ4n) is 0.0873. The van der Waals surface area contributed by atoms with Gasteiger partial charge in [-0.25, -0.2) is 0 Å². The van der Waals surface area contributed by atoms with Gasteiger partial charge in [-0.1, -0.05) is 0 Å². The SMILES string of the molecule is N[C@@H](C[OH2+])C(=O)O. The number of aliphatic carboxylic acids is 1. The summed E-state index contributed by atoms with van der Waals surface area (Å²) >= 11 is 0. The van der Waals surface area contributed by atoms with E-state index in [0.717, 1.165) is 0 Å². The molecule has 0 aliphatic rings. The summed E-state index contributed by atoms with van der Waals surface area (Å²) in [5.41, 5.74) is 4.83. The first-order valence-corrected chi connectivity index (χ1v) is 1.81. The van der Waals surface area contributed by atoms with Crippen LogP contribution in [0.4, 0.5) is 0 Å². The van der Waals surface area contributed by atoms with Crippen LogP contribution < -0.4 is 5.73 Å². The minimum absolute atomic E-state index is 0.255. The summed E-state index contributed by atoms with van der Waals surface area (Å²) in [6.45, 7) is -0.255. The summed E-state index contributed by atoms with van der Waals surface area (Å²) in [4.78, 5) is 9.69. The van der Waals surface area contributed by atoms with Crippen molar-refractivity contribution in [2.45, 2.75) is 6.04 Å². The minimum Gasteiger partial charge on any atom is -0.480 e. The lowest BCUT2D eigenvalue weighted by atomic mass is 10.3. The zero-order valence-corrected chi connectivity index (χ0v) is 3.72. The average Bonchev–Trinajstić information content (AvgIpc) is 1.65. The van der Waals surface area contributed by atoms with E-state index in [4.69, 9.17) is 15.9 Å². The molecule has 0 amide bonds. The lowest BCUT2D eigenvalue weighted by Crippen LogP contribution is -2.33. The van der Waals surface area contributed by atoms with Crippen LogP contribution in [-0.4, -0.2) is 28.8 Å². The Bertz CT molecular complexity index is 72.6. The monoisotopic (exact) mass is 106 g/mol. The van der Waals surface area contributed by atoms with Gasteiger partial charge in [-0.15, -0.1) is 0 Å². The summed E-state index contributed by atoms with van der Waals surface area (Å²) in [5, 5.41) is 14.4. The van der Waals surface area contributed by atoms with Gasteiger partial charge in [0.2, 0.25) is 0 Å². The van der Waals surface area contributed by atoms with Gasteiger partial charge in [0.05, 0.1) is 0 Å². The van der Waals surface area contributed by atoms with Crippen molar-refractivity contribution in [2.24, 2.45) is 5.73 Å². The number of carboxylic acid groups (broad SMARTS) is 1. The molecule has 5 N–H and O–H groups in total. The molecule has 0 spiro atoms. The number of rotatable bonds is 2. The second-order valence-electron chi connectivity index (χ2n) is 1.15. The van der Waals surface area contributed by atoms with Crippen LogP contribution in [0.2, 0.25) is 0 Å². The first-order valence-electron chi connectivity index (χ1n) is 1.81. The van der Waals surface area contributed by atoms with Crippen LogP contribution in [0.15, 0.2) is 0 Å². The fraction of sp³-hybridized carbons (Fsp3) is 0.667. The Morgan fingerprint density at radius 2 is 2.43 bits per heavy atom. The molecule has 1 atom stereocenters. The highest BCUT2D eigenvalue weighted by atomic mass is 16.4. The predicted molar refractivity (Wildman–Crippen MR) is 24.1 cm³/mol. The highest BCUT2D eigenvalue weighted by Gasteiger charge is 2.10. The molecule has 0 heterocycles. The number of hydrogen-bond acceptors (Lipinski definition) is 2. The second-order valence-corrected chi connectivity index (χ2v) is 1.15. The third-order valence-corrected chi connectivity index (χ3v) is 0.537. The lowest BCUT2D eigenvalue weighted by molar-refractivity contribution is -0.139. The normalized spacial score (nSPS) is 13.4. The van der Waals surface area contributed by atoms with Gasteiger partial charge >= 0.3 is 5.97 Å². The molecule has 0 rings (SSSR count). The Morgan fingerprint density at radius 3 is 2.43 bits per heavy atom. The van der Waals surface area contributed by atoms with E-state index in [1.165, 1.54) is 0 Å². The Kier molecular flexibility index (Phi) is 2.32. The van der Waals surface area contributed by atoms with Crippen molar-refractivity contribution >= 4 is 5.97 Å². The van der Waals surface area contributed by atoms with Crippen molar-refractivity contribution in [1.29, 1.82) is 0 Å². The molecule has 0 saturated heterocycles. The van der Waals surface area contributed by atoms with Gasteiger partial charge in [-0.2, -0.15) is 0 Å². The molecule has 4 nitrogen and oxygen atoms in total. The number of carbonyl (C=O) groups is 1. The molecule has 0 aliphatic heterocycles. The molecule has 0 aromatic rings. The predicted octanol–water partition coefficient (Wildman–Crippen LogP) is -1.88. The van der Waals surface area contributed by atoms with Crippen molar-refractivity contribution in [3.63, 3.8) is 0 Å². The van der Waals surface area contributed by atoms with E-state index < -0.39 is 12.0 Å². The molecular formula is C3H8NO3+. The molecule has 0 radical (unpaired) electrons. The zero-order chi connectivity index (χ0) is 5.86. The van der Waals surface area contributed by atoms with Gasteiger partial charge in [-0.3, -0.25) is 4.79 Å². The van der Waals surface area contributed by atoms with Crippen LogP contribution in [0.3, 0.4) is 0 Å². The Labute approximate surface area is 40.6 Å². The van der Waals surface area contributed by atoms with E-state index in [9.17, 15) is 4.79 Å². The summed E-state index contributed by atoms with van der Waals surface area (Å²) in [6.07, 6.45) is 0. The summed E-state index contributed by atoms with van der Waals surface area (Å²) < 4.78 is 0. The third-order valence-electron chi connectivity index (χ3n) is 0.537. The molecule has 0 unspecified atom stereocenters. The number of hydrogen-bond donors (Lipinski definition) is 2. The van der Waals surface area contributed by atoms with Gasteiger partial charge in [0, 0.05) is 0 Å². The van der Waals surface area contributed by atoms with Gasteiger partial charge in [0.15, 0.2) is 12.6 Å².